The molecule has 0 unspecified atom stereocenters. The third-order valence-corrected chi connectivity index (χ3v) is 4.60. The standard InChI is InChI=1S/C20H16O4S/c1-23-20(22)16-13-25-17(12-14-8-4-2-5-9-14)18(16)24-19(21)15-10-6-3-7-11-15/h2-11,13H,12H2,1H3. The summed E-state index contributed by atoms with van der Waals surface area (Å²) in [6, 6.07) is 18.5. The molecule has 0 bridgehead atoms. The third kappa shape index (κ3) is 3.95. The predicted octanol–water partition coefficient (Wildman–Crippen LogP) is 4.34. The number of ether oxygens (including phenoxy) is 2. The molecule has 2 aromatic carbocycles. The van der Waals surface area contributed by atoms with E-state index in [2.05, 4.69) is 0 Å². The number of hydrogen-bond acceptors (Lipinski definition) is 5. The predicted molar refractivity (Wildman–Crippen MR) is 96.3 cm³/mol. The summed E-state index contributed by atoms with van der Waals surface area (Å²) in [6.45, 7) is 0. The lowest BCUT2D eigenvalue weighted by atomic mass is 10.1. The summed E-state index contributed by atoms with van der Waals surface area (Å²) >= 11 is 1.37. The molecule has 0 radical (unpaired) electrons. The van der Waals surface area contributed by atoms with Crippen molar-refractivity contribution in [3.05, 3.63) is 87.6 Å². The fourth-order valence-corrected chi connectivity index (χ4v) is 3.35. The van der Waals surface area contributed by atoms with Crippen molar-refractivity contribution in [2.75, 3.05) is 7.11 Å². The van der Waals surface area contributed by atoms with Crippen LogP contribution in [-0.4, -0.2) is 19.0 Å². The SMILES string of the molecule is COC(=O)c1csc(Cc2ccccc2)c1OC(=O)c1ccccc1. The van der Waals surface area contributed by atoms with Crippen LogP contribution < -0.4 is 4.74 Å². The van der Waals surface area contributed by atoms with Crippen molar-refractivity contribution < 1.29 is 19.1 Å². The van der Waals surface area contributed by atoms with E-state index in [9.17, 15) is 9.59 Å². The highest BCUT2D eigenvalue weighted by molar-refractivity contribution is 7.10. The van der Waals surface area contributed by atoms with Gasteiger partial charge >= 0.3 is 11.9 Å². The maximum atomic E-state index is 12.4. The molecule has 0 spiro atoms. The zero-order valence-electron chi connectivity index (χ0n) is 13.6. The second kappa shape index (κ2) is 7.77. The minimum absolute atomic E-state index is 0.266. The van der Waals surface area contributed by atoms with Crippen molar-refractivity contribution in [3.8, 4) is 5.75 Å². The van der Waals surface area contributed by atoms with Crippen LogP contribution in [0.2, 0.25) is 0 Å². The van der Waals surface area contributed by atoms with E-state index in [0.29, 0.717) is 12.0 Å². The number of methoxy groups -OCH3 is 1. The average molecular weight is 352 g/mol. The first-order valence-electron chi connectivity index (χ1n) is 7.69. The van der Waals surface area contributed by atoms with Crippen LogP contribution in [0.25, 0.3) is 0 Å². The van der Waals surface area contributed by atoms with Crippen molar-refractivity contribution in [1.82, 2.24) is 0 Å². The lowest BCUT2D eigenvalue weighted by molar-refractivity contribution is 0.0593. The zero-order chi connectivity index (χ0) is 17.6. The fraction of sp³-hybridized carbons (Fsp3) is 0.100. The molecule has 5 heteroatoms. The van der Waals surface area contributed by atoms with Crippen LogP contribution in [0.5, 0.6) is 5.75 Å². The molecule has 0 N–H and O–H groups in total. The molecule has 1 heterocycles. The molecule has 0 fully saturated rings. The van der Waals surface area contributed by atoms with E-state index in [1.807, 2.05) is 36.4 Å². The Labute approximate surface area is 149 Å². The second-order valence-electron chi connectivity index (χ2n) is 5.31. The Morgan fingerprint density at radius 3 is 2.20 bits per heavy atom. The van der Waals surface area contributed by atoms with Gasteiger partial charge in [0.2, 0.25) is 0 Å². The Kier molecular flexibility index (Phi) is 5.26. The van der Waals surface area contributed by atoms with Gasteiger partial charge in [-0.2, -0.15) is 0 Å². The second-order valence-corrected chi connectivity index (χ2v) is 6.28. The number of carbonyl (C=O) groups is 2. The van der Waals surface area contributed by atoms with Crippen molar-refractivity contribution in [2.45, 2.75) is 6.42 Å². The van der Waals surface area contributed by atoms with Crippen LogP contribution in [0.4, 0.5) is 0 Å². The van der Waals surface area contributed by atoms with Crippen molar-refractivity contribution >= 4 is 23.3 Å². The summed E-state index contributed by atoms with van der Waals surface area (Å²) in [5, 5.41) is 1.66. The molecule has 0 atom stereocenters. The van der Waals surface area contributed by atoms with E-state index in [0.717, 1.165) is 10.4 Å². The zero-order valence-corrected chi connectivity index (χ0v) is 14.4. The molecule has 1 aromatic heterocycles. The highest BCUT2D eigenvalue weighted by Gasteiger charge is 2.23. The van der Waals surface area contributed by atoms with Crippen LogP contribution in [0, 0.1) is 0 Å². The van der Waals surface area contributed by atoms with Gasteiger partial charge in [-0.15, -0.1) is 11.3 Å². The lowest BCUT2D eigenvalue weighted by Gasteiger charge is -2.08. The summed E-state index contributed by atoms with van der Waals surface area (Å²) in [6.07, 6.45) is 0.569. The van der Waals surface area contributed by atoms with Crippen LogP contribution in [0.3, 0.4) is 0 Å². The topological polar surface area (TPSA) is 52.6 Å². The van der Waals surface area contributed by atoms with Gasteiger partial charge in [-0.25, -0.2) is 9.59 Å². The van der Waals surface area contributed by atoms with Gasteiger partial charge in [0.25, 0.3) is 0 Å². The van der Waals surface area contributed by atoms with Gasteiger partial charge in [0, 0.05) is 11.8 Å². The number of carbonyl (C=O) groups excluding carboxylic acids is 2. The summed E-state index contributed by atoms with van der Waals surface area (Å²) < 4.78 is 10.4. The Balaban J connectivity index is 1.93. The normalized spacial score (nSPS) is 10.3. The van der Waals surface area contributed by atoms with Crippen LogP contribution in [-0.2, 0) is 11.2 Å². The molecule has 4 nitrogen and oxygen atoms in total. The minimum Gasteiger partial charge on any atom is -0.465 e. The molecular weight excluding hydrogens is 336 g/mol. The molecule has 3 aromatic rings. The highest BCUT2D eigenvalue weighted by atomic mass is 32.1. The Morgan fingerprint density at radius 1 is 0.920 bits per heavy atom. The van der Waals surface area contributed by atoms with Gasteiger partial charge in [-0.3, -0.25) is 0 Å². The molecule has 126 valence electrons. The average Bonchev–Trinajstić information content (AvgIpc) is 3.05. The number of benzene rings is 2. The van der Waals surface area contributed by atoms with Crippen LogP contribution >= 0.6 is 11.3 Å². The van der Waals surface area contributed by atoms with Gasteiger partial charge < -0.3 is 9.47 Å². The molecule has 0 saturated heterocycles. The Hall–Kier alpha value is -2.92. The van der Waals surface area contributed by atoms with E-state index in [1.165, 1.54) is 18.4 Å². The minimum atomic E-state index is -0.522. The van der Waals surface area contributed by atoms with Crippen LogP contribution in [0.15, 0.2) is 66.0 Å². The van der Waals surface area contributed by atoms with E-state index in [-0.39, 0.29) is 11.3 Å². The van der Waals surface area contributed by atoms with Gasteiger partial charge in [0.1, 0.15) is 5.56 Å². The molecule has 0 aliphatic rings. The van der Waals surface area contributed by atoms with Gasteiger partial charge in [0.15, 0.2) is 5.75 Å². The van der Waals surface area contributed by atoms with Gasteiger partial charge in [-0.1, -0.05) is 48.5 Å². The smallest absolute Gasteiger partial charge is 0.343 e. The molecule has 0 aliphatic heterocycles. The number of hydrogen-bond donors (Lipinski definition) is 0. The van der Waals surface area contributed by atoms with Gasteiger partial charge in [-0.05, 0) is 17.7 Å². The molecule has 0 saturated carbocycles. The van der Waals surface area contributed by atoms with E-state index < -0.39 is 11.9 Å². The lowest BCUT2D eigenvalue weighted by Crippen LogP contribution is -2.12. The summed E-state index contributed by atoms with van der Waals surface area (Å²) in [7, 11) is 1.31. The number of rotatable bonds is 5. The van der Waals surface area contributed by atoms with Crippen molar-refractivity contribution in [3.63, 3.8) is 0 Å². The highest BCUT2D eigenvalue weighted by Crippen LogP contribution is 2.34. The molecule has 3 rings (SSSR count). The third-order valence-electron chi connectivity index (χ3n) is 3.63. The maximum Gasteiger partial charge on any atom is 0.343 e. The maximum absolute atomic E-state index is 12.4. The molecular formula is C20H16O4S. The Morgan fingerprint density at radius 2 is 1.56 bits per heavy atom. The summed E-state index contributed by atoms with van der Waals surface area (Å²) in [4.78, 5) is 25.2. The first-order chi connectivity index (χ1) is 12.2. The van der Waals surface area contributed by atoms with Crippen molar-refractivity contribution in [1.29, 1.82) is 0 Å². The summed E-state index contributed by atoms with van der Waals surface area (Å²) in [5.41, 5.74) is 1.76. The molecule has 0 aliphatic carbocycles. The van der Waals surface area contributed by atoms with E-state index in [1.54, 1.807) is 29.6 Å². The first-order valence-corrected chi connectivity index (χ1v) is 8.57. The molecule has 0 amide bonds. The molecule has 25 heavy (non-hydrogen) atoms. The van der Waals surface area contributed by atoms with Crippen molar-refractivity contribution in [2.24, 2.45) is 0 Å². The first kappa shape index (κ1) is 16.9. The largest absolute Gasteiger partial charge is 0.465 e. The monoisotopic (exact) mass is 352 g/mol. The number of esters is 2. The Bertz CT molecular complexity index is 869. The van der Waals surface area contributed by atoms with E-state index in [4.69, 9.17) is 9.47 Å². The number of thiophene rings is 1. The van der Waals surface area contributed by atoms with Gasteiger partial charge in [0.05, 0.1) is 17.6 Å². The fourth-order valence-electron chi connectivity index (χ4n) is 2.38. The van der Waals surface area contributed by atoms with E-state index >= 15 is 0 Å². The van der Waals surface area contributed by atoms with Crippen LogP contribution in [0.1, 0.15) is 31.2 Å². The quantitative estimate of drug-likeness (QED) is 0.641. The summed E-state index contributed by atoms with van der Waals surface area (Å²) in [5.74, 6) is -0.751.